The SMILES string of the molecule is CN=C(N)Nc1c(COCc2oc(=O)oc2C)sc(=O)n1C1CCC(CO)O1. The van der Waals surface area contributed by atoms with Gasteiger partial charge in [0.05, 0.1) is 24.2 Å². The van der Waals surface area contributed by atoms with Gasteiger partial charge in [-0.15, -0.1) is 0 Å². The largest absolute Gasteiger partial charge is 0.519 e. The van der Waals surface area contributed by atoms with Gasteiger partial charge in [-0.25, -0.2) is 4.79 Å². The molecule has 3 rings (SSSR count). The highest BCUT2D eigenvalue weighted by Gasteiger charge is 2.30. The number of nitrogens with one attached hydrogen (secondary N) is 1. The third kappa shape index (κ3) is 4.35. The number of rotatable bonds is 7. The predicted octanol–water partition coefficient (Wildman–Crippen LogP) is 0.508. The smallest absolute Gasteiger partial charge is 0.396 e. The highest BCUT2D eigenvalue weighted by Crippen LogP contribution is 2.32. The first-order valence-corrected chi connectivity index (χ1v) is 9.41. The van der Waals surface area contributed by atoms with Gasteiger partial charge >= 0.3 is 10.7 Å². The van der Waals surface area contributed by atoms with Crippen LogP contribution in [0.5, 0.6) is 0 Å². The van der Waals surface area contributed by atoms with Gasteiger partial charge in [0.25, 0.3) is 0 Å². The van der Waals surface area contributed by atoms with Gasteiger partial charge in [-0.05, 0) is 19.8 Å². The second-order valence-corrected chi connectivity index (χ2v) is 7.19. The van der Waals surface area contributed by atoms with Crippen molar-refractivity contribution in [1.29, 1.82) is 0 Å². The Bertz CT molecular complexity index is 957. The molecule has 0 amide bonds. The lowest BCUT2D eigenvalue weighted by molar-refractivity contribution is -0.0223. The standard InChI is InChI=1S/C16H22N4O7S/c1-8-10(27-16(23)25-8)6-24-7-11-13(19-14(17)18-2)20(15(22)28-11)12-4-3-9(5-21)26-12/h9,12,21H,3-7H2,1-2H3,(H3,17,18,19). The third-order valence-corrected chi connectivity index (χ3v) is 5.21. The maximum absolute atomic E-state index is 12.6. The van der Waals surface area contributed by atoms with Crippen molar-refractivity contribution in [2.75, 3.05) is 19.0 Å². The molecule has 154 valence electrons. The molecule has 28 heavy (non-hydrogen) atoms. The lowest BCUT2D eigenvalue weighted by Gasteiger charge is -2.17. The van der Waals surface area contributed by atoms with Crippen LogP contribution in [0.2, 0.25) is 0 Å². The molecule has 2 aromatic heterocycles. The van der Waals surface area contributed by atoms with E-state index in [9.17, 15) is 14.7 Å². The number of aryl methyl sites for hydroxylation is 1. The normalized spacial score (nSPS) is 20.0. The van der Waals surface area contributed by atoms with Crippen LogP contribution >= 0.6 is 11.3 Å². The van der Waals surface area contributed by atoms with E-state index < -0.39 is 12.1 Å². The van der Waals surface area contributed by atoms with Crippen LogP contribution in [0.4, 0.5) is 5.82 Å². The Morgan fingerprint density at radius 1 is 1.39 bits per heavy atom. The van der Waals surface area contributed by atoms with Gasteiger partial charge in [-0.2, -0.15) is 0 Å². The number of nitrogens with two attached hydrogens (primary N) is 1. The van der Waals surface area contributed by atoms with E-state index in [1.165, 1.54) is 11.6 Å². The molecule has 1 aliphatic rings. The number of anilines is 1. The molecule has 1 fully saturated rings. The number of ether oxygens (including phenoxy) is 2. The summed E-state index contributed by atoms with van der Waals surface area (Å²) in [5.74, 6) is 0.378. The average molecular weight is 414 g/mol. The van der Waals surface area contributed by atoms with Gasteiger partial charge in [0.2, 0.25) is 0 Å². The second kappa shape index (κ2) is 8.73. The highest BCUT2D eigenvalue weighted by molar-refractivity contribution is 7.09. The van der Waals surface area contributed by atoms with Crippen molar-refractivity contribution in [3.8, 4) is 0 Å². The molecule has 0 saturated carbocycles. The fourth-order valence-electron chi connectivity index (χ4n) is 2.85. The summed E-state index contributed by atoms with van der Waals surface area (Å²) in [5.41, 5.74) is 5.79. The van der Waals surface area contributed by atoms with Crippen molar-refractivity contribution in [3.63, 3.8) is 0 Å². The maximum atomic E-state index is 12.6. The van der Waals surface area contributed by atoms with E-state index in [4.69, 9.17) is 24.0 Å². The van der Waals surface area contributed by atoms with E-state index >= 15 is 0 Å². The molecule has 0 aromatic carbocycles. The number of hydrogen-bond donors (Lipinski definition) is 3. The topological polar surface area (TPSA) is 154 Å². The van der Waals surface area contributed by atoms with Crippen LogP contribution in [0.3, 0.4) is 0 Å². The molecule has 12 heteroatoms. The van der Waals surface area contributed by atoms with E-state index in [-0.39, 0.29) is 42.5 Å². The molecule has 1 aliphatic heterocycles. The van der Waals surface area contributed by atoms with Gasteiger partial charge < -0.3 is 34.5 Å². The number of aliphatic imine (C=N–C) groups is 1. The summed E-state index contributed by atoms with van der Waals surface area (Å²) >= 11 is 0.985. The number of guanidine groups is 1. The zero-order chi connectivity index (χ0) is 20.3. The van der Waals surface area contributed by atoms with E-state index in [0.717, 1.165) is 11.3 Å². The van der Waals surface area contributed by atoms with Gasteiger partial charge in [-0.1, -0.05) is 11.3 Å². The Kier molecular flexibility index (Phi) is 6.34. The number of aliphatic hydroxyl groups excluding tert-OH is 1. The second-order valence-electron chi connectivity index (χ2n) is 6.14. The van der Waals surface area contributed by atoms with Crippen molar-refractivity contribution < 1.29 is 23.4 Å². The van der Waals surface area contributed by atoms with Gasteiger partial charge in [0, 0.05) is 7.05 Å². The van der Waals surface area contributed by atoms with Crippen molar-refractivity contribution in [2.45, 2.75) is 45.3 Å². The van der Waals surface area contributed by atoms with Gasteiger partial charge in [0.1, 0.15) is 24.4 Å². The summed E-state index contributed by atoms with van der Waals surface area (Å²) in [5, 5.41) is 12.2. The average Bonchev–Trinajstić information content (AvgIpc) is 3.33. The van der Waals surface area contributed by atoms with Gasteiger partial charge in [-0.3, -0.25) is 14.4 Å². The fraction of sp³-hybridized carbons (Fsp3) is 0.562. The molecule has 3 heterocycles. The lowest BCUT2D eigenvalue weighted by Crippen LogP contribution is -2.28. The van der Waals surface area contributed by atoms with Crippen molar-refractivity contribution >= 4 is 23.1 Å². The van der Waals surface area contributed by atoms with Crippen LogP contribution in [0.25, 0.3) is 0 Å². The molecular weight excluding hydrogens is 392 g/mol. The molecule has 1 saturated heterocycles. The Morgan fingerprint density at radius 3 is 2.79 bits per heavy atom. The molecule has 0 spiro atoms. The summed E-state index contributed by atoms with van der Waals surface area (Å²) in [6.45, 7) is 1.56. The Labute approximate surface area is 163 Å². The Morgan fingerprint density at radius 2 is 2.18 bits per heavy atom. The van der Waals surface area contributed by atoms with Crippen LogP contribution in [0, 0.1) is 6.92 Å². The molecule has 0 radical (unpaired) electrons. The minimum Gasteiger partial charge on any atom is -0.396 e. The fourth-order valence-corrected chi connectivity index (χ4v) is 3.76. The van der Waals surface area contributed by atoms with Crippen LogP contribution in [0.15, 0.2) is 23.4 Å². The molecule has 4 N–H and O–H groups in total. The van der Waals surface area contributed by atoms with E-state index in [2.05, 4.69) is 10.3 Å². The Balaban J connectivity index is 1.81. The summed E-state index contributed by atoms with van der Waals surface area (Å²) in [6, 6.07) is 0. The monoisotopic (exact) mass is 414 g/mol. The van der Waals surface area contributed by atoms with Crippen LogP contribution in [-0.4, -0.2) is 35.4 Å². The van der Waals surface area contributed by atoms with Crippen molar-refractivity contribution in [3.05, 3.63) is 36.7 Å². The first-order chi connectivity index (χ1) is 13.4. The number of nitrogens with zero attached hydrogens (tertiary/aromatic N) is 2. The lowest BCUT2D eigenvalue weighted by atomic mass is 10.2. The minimum absolute atomic E-state index is 0.00691. The molecule has 2 aromatic rings. The first-order valence-electron chi connectivity index (χ1n) is 8.59. The van der Waals surface area contributed by atoms with Gasteiger partial charge in [0.15, 0.2) is 11.7 Å². The van der Waals surface area contributed by atoms with Crippen LogP contribution in [-0.2, 0) is 22.7 Å². The summed E-state index contributed by atoms with van der Waals surface area (Å²) < 4.78 is 22.5. The summed E-state index contributed by atoms with van der Waals surface area (Å²) in [6.07, 6.45) is 0.397. The molecule has 11 nitrogen and oxygen atoms in total. The number of hydrogen-bond acceptors (Lipinski definition) is 9. The third-order valence-electron chi connectivity index (χ3n) is 4.28. The first kappa shape index (κ1) is 20.3. The number of thiazole rings is 1. The predicted molar refractivity (Wildman–Crippen MR) is 100 cm³/mol. The number of aromatic nitrogens is 1. The molecule has 2 unspecified atom stereocenters. The molecule has 2 atom stereocenters. The van der Waals surface area contributed by atoms with E-state index in [0.29, 0.717) is 29.3 Å². The molecule has 0 aliphatic carbocycles. The molecular formula is C16H22N4O7S. The quantitative estimate of drug-likeness (QED) is 0.434. The highest BCUT2D eigenvalue weighted by atomic mass is 32.1. The van der Waals surface area contributed by atoms with Crippen LogP contribution < -0.4 is 21.7 Å². The maximum Gasteiger partial charge on any atom is 0.519 e. The summed E-state index contributed by atoms with van der Waals surface area (Å²) in [7, 11) is 1.52. The zero-order valence-corrected chi connectivity index (χ0v) is 16.3. The number of aliphatic hydroxyl groups is 1. The van der Waals surface area contributed by atoms with E-state index in [1.54, 1.807) is 6.92 Å². The Hall–Kier alpha value is -2.41. The molecule has 0 bridgehead atoms. The van der Waals surface area contributed by atoms with Crippen molar-refractivity contribution in [1.82, 2.24) is 4.57 Å². The van der Waals surface area contributed by atoms with E-state index in [1.807, 2.05) is 0 Å². The van der Waals surface area contributed by atoms with Crippen LogP contribution in [0.1, 0.15) is 35.5 Å². The minimum atomic E-state index is -0.794. The van der Waals surface area contributed by atoms with Crippen molar-refractivity contribution in [2.24, 2.45) is 10.7 Å². The zero-order valence-electron chi connectivity index (χ0n) is 15.5. The summed E-state index contributed by atoms with van der Waals surface area (Å²) in [4.78, 5) is 27.9.